The second-order valence-corrected chi connectivity index (χ2v) is 8.54. The third-order valence-corrected chi connectivity index (χ3v) is 6.35. The van der Waals surface area contributed by atoms with Crippen LogP contribution in [0.15, 0.2) is 42.5 Å². The maximum absolute atomic E-state index is 13.0. The van der Waals surface area contributed by atoms with Crippen LogP contribution in [0.5, 0.6) is 0 Å². The fourth-order valence-corrected chi connectivity index (χ4v) is 4.56. The zero-order chi connectivity index (χ0) is 22.8. The fourth-order valence-electron chi connectivity index (χ4n) is 4.56. The second kappa shape index (κ2) is 9.02. The number of aryl methyl sites for hydroxylation is 2. The van der Waals surface area contributed by atoms with Crippen LogP contribution in [-0.4, -0.2) is 62.5 Å². The Hall–Kier alpha value is -3.35. The molecule has 1 unspecified atom stereocenters. The second-order valence-electron chi connectivity index (χ2n) is 8.54. The lowest BCUT2D eigenvalue weighted by molar-refractivity contribution is -0.145. The number of hydrogen-bond donors (Lipinski definition) is 0. The molecule has 7 heteroatoms. The summed E-state index contributed by atoms with van der Waals surface area (Å²) in [5, 5.41) is 0. The van der Waals surface area contributed by atoms with Crippen LogP contribution < -0.4 is 9.80 Å². The first-order valence-electron chi connectivity index (χ1n) is 11.0. The number of rotatable bonds is 4. The molecular weight excluding hydrogens is 406 g/mol. The van der Waals surface area contributed by atoms with E-state index in [0.717, 1.165) is 13.1 Å². The van der Waals surface area contributed by atoms with Gasteiger partial charge in [0, 0.05) is 56.1 Å². The van der Waals surface area contributed by atoms with Gasteiger partial charge in [0.15, 0.2) is 0 Å². The molecule has 0 N–H and O–H groups in total. The lowest BCUT2D eigenvalue weighted by Gasteiger charge is -2.37. The summed E-state index contributed by atoms with van der Waals surface area (Å²) in [7, 11) is 1.33. The highest BCUT2D eigenvalue weighted by Gasteiger charge is 2.36. The van der Waals surface area contributed by atoms with Gasteiger partial charge in [-0.15, -0.1) is 0 Å². The van der Waals surface area contributed by atoms with Gasteiger partial charge in [0.25, 0.3) is 5.91 Å². The van der Waals surface area contributed by atoms with E-state index in [-0.39, 0.29) is 24.2 Å². The number of ether oxygens (including phenoxy) is 1. The highest BCUT2D eigenvalue weighted by atomic mass is 16.5. The maximum Gasteiger partial charge on any atom is 0.311 e. The SMILES string of the molecule is COC(=O)C1CC(=O)N(c2ccc(C(=O)N3CCN(c4ccc(C)cc4C)CC3)cc2)C1. The van der Waals surface area contributed by atoms with Crippen LogP contribution in [0.3, 0.4) is 0 Å². The summed E-state index contributed by atoms with van der Waals surface area (Å²) in [4.78, 5) is 42.8. The first-order chi connectivity index (χ1) is 15.4. The van der Waals surface area contributed by atoms with Gasteiger partial charge >= 0.3 is 5.97 Å². The Balaban J connectivity index is 1.37. The lowest BCUT2D eigenvalue weighted by atomic mass is 10.1. The summed E-state index contributed by atoms with van der Waals surface area (Å²) in [6.07, 6.45) is 0.151. The largest absolute Gasteiger partial charge is 0.469 e. The topological polar surface area (TPSA) is 70.2 Å². The molecule has 1 atom stereocenters. The number of carbonyl (C=O) groups excluding carboxylic acids is 3. The van der Waals surface area contributed by atoms with Crippen molar-refractivity contribution in [2.24, 2.45) is 5.92 Å². The normalized spacial score (nSPS) is 18.8. The van der Waals surface area contributed by atoms with Crippen molar-refractivity contribution in [2.45, 2.75) is 20.3 Å². The molecule has 2 aliphatic heterocycles. The van der Waals surface area contributed by atoms with Crippen molar-refractivity contribution in [1.82, 2.24) is 4.90 Å². The third kappa shape index (κ3) is 4.33. The Labute approximate surface area is 188 Å². The van der Waals surface area contributed by atoms with E-state index in [9.17, 15) is 14.4 Å². The molecule has 0 saturated carbocycles. The van der Waals surface area contributed by atoms with Crippen molar-refractivity contribution in [1.29, 1.82) is 0 Å². The van der Waals surface area contributed by atoms with Gasteiger partial charge in [0.2, 0.25) is 5.91 Å². The van der Waals surface area contributed by atoms with Crippen molar-refractivity contribution < 1.29 is 19.1 Å². The van der Waals surface area contributed by atoms with Crippen LogP contribution in [0.2, 0.25) is 0 Å². The molecule has 2 saturated heterocycles. The molecule has 32 heavy (non-hydrogen) atoms. The Kier molecular flexibility index (Phi) is 6.17. The van der Waals surface area contributed by atoms with Gasteiger partial charge in [-0.3, -0.25) is 14.4 Å². The van der Waals surface area contributed by atoms with Crippen LogP contribution in [0, 0.1) is 19.8 Å². The smallest absolute Gasteiger partial charge is 0.311 e. The van der Waals surface area contributed by atoms with Gasteiger partial charge in [0.05, 0.1) is 13.0 Å². The van der Waals surface area contributed by atoms with Crippen molar-refractivity contribution in [3.8, 4) is 0 Å². The standard InChI is InChI=1S/C25H29N3O4/c1-17-4-9-22(18(2)14-17)26-10-12-27(13-11-26)24(30)19-5-7-21(8-6-19)28-16-20(15-23(28)29)25(31)32-3/h4-9,14,20H,10-13,15-16H2,1-3H3. The molecule has 0 spiro atoms. The molecular formula is C25H29N3O4. The number of hydrogen-bond acceptors (Lipinski definition) is 5. The summed E-state index contributed by atoms with van der Waals surface area (Å²) in [5.74, 6) is -0.922. The van der Waals surface area contributed by atoms with E-state index in [1.54, 1.807) is 29.2 Å². The molecule has 2 aliphatic rings. The average molecular weight is 436 g/mol. The van der Waals surface area contributed by atoms with Gasteiger partial charge < -0.3 is 19.4 Å². The molecule has 7 nitrogen and oxygen atoms in total. The van der Waals surface area contributed by atoms with Gasteiger partial charge in [-0.25, -0.2) is 0 Å². The zero-order valence-electron chi connectivity index (χ0n) is 18.8. The van der Waals surface area contributed by atoms with Gasteiger partial charge in [-0.1, -0.05) is 17.7 Å². The highest BCUT2D eigenvalue weighted by Crippen LogP contribution is 2.27. The van der Waals surface area contributed by atoms with Crippen molar-refractivity contribution >= 4 is 29.2 Å². The Morgan fingerprint density at radius 3 is 2.28 bits per heavy atom. The molecule has 168 valence electrons. The summed E-state index contributed by atoms with van der Waals surface area (Å²) in [6, 6.07) is 13.5. The van der Waals surface area contributed by atoms with Crippen molar-refractivity contribution in [3.05, 3.63) is 59.2 Å². The molecule has 2 aromatic rings. The van der Waals surface area contributed by atoms with E-state index in [4.69, 9.17) is 4.74 Å². The summed E-state index contributed by atoms with van der Waals surface area (Å²) in [6.45, 7) is 7.45. The van der Waals surface area contributed by atoms with Gasteiger partial charge in [-0.05, 0) is 49.7 Å². The number of methoxy groups -OCH3 is 1. The molecule has 0 radical (unpaired) electrons. The molecule has 0 bridgehead atoms. The zero-order valence-corrected chi connectivity index (χ0v) is 18.8. The van der Waals surface area contributed by atoms with Crippen LogP contribution in [-0.2, 0) is 14.3 Å². The number of esters is 1. The number of piperazine rings is 1. The quantitative estimate of drug-likeness (QED) is 0.691. The fraction of sp³-hybridized carbons (Fsp3) is 0.400. The minimum absolute atomic E-state index is 0.00276. The average Bonchev–Trinajstić information content (AvgIpc) is 3.20. The number of nitrogens with zero attached hydrogens (tertiary/aromatic N) is 3. The monoisotopic (exact) mass is 435 g/mol. The first-order valence-corrected chi connectivity index (χ1v) is 11.0. The number of benzene rings is 2. The van der Waals surface area contributed by atoms with Crippen molar-refractivity contribution in [2.75, 3.05) is 49.6 Å². The maximum atomic E-state index is 13.0. The van der Waals surface area contributed by atoms with E-state index >= 15 is 0 Å². The van der Waals surface area contributed by atoms with E-state index in [1.807, 2.05) is 4.90 Å². The van der Waals surface area contributed by atoms with Crippen molar-refractivity contribution in [3.63, 3.8) is 0 Å². The summed E-state index contributed by atoms with van der Waals surface area (Å²) in [5.41, 5.74) is 5.03. The molecule has 0 aliphatic carbocycles. The Morgan fingerprint density at radius 1 is 0.969 bits per heavy atom. The van der Waals surface area contributed by atoms with E-state index < -0.39 is 5.92 Å². The number of amides is 2. The van der Waals surface area contributed by atoms with Gasteiger partial charge in [0.1, 0.15) is 0 Å². The minimum Gasteiger partial charge on any atom is -0.469 e. The number of carbonyl (C=O) groups is 3. The van der Waals surface area contributed by atoms with Crippen LogP contribution in [0.25, 0.3) is 0 Å². The Morgan fingerprint density at radius 2 is 1.66 bits per heavy atom. The molecule has 4 rings (SSSR count). The molecule has 0 aromatic heterocycles. The van der Waals surface area contributed by atoms with Crippen LogP contribution in [0.1, 0.15) is 27.9 Å². The van der Waals surface area contributed by atoms with E-state index in [0.29, 0.717) is 30.9 Å². The number of anilines is 2. The molecule has 2 heterocycles. The molecule has 2 aromatic carbocycles. The summed E-state index contributed by atoms with van der Waals surface area (Å²) >= 11 is 0. The van der Waals surface area contributed by atoms with Crippen LogP contribution >= 0.6 is 0 Å². The molecule has 2 fully saturated rings. The first kappa shape index (κ1) is 21.9. The summed E-state index contributed by atoms with van der Waals surface area (Å²) < 4.78 is 4.76. The van der Waals surface area contributed by atoms with Crippen LogP contribution in [0.4, 0.5) is 11.4 Å². The minimum atomic E-state index is -0.442. The third-order valence-electron chi connectivity index (χ3n) is 6.35. The predicted molar refractivity (Wildman–Crippen MR) is 123 cm³/mol. The predicted octanol–water partition coefficient (Wildman–Crippen LogP) is 2.79. The van der Waals surface area contributed by atoms with E-state index in [1.165, 1.54) is 23.9 Å². The lowest BCUT2D eigenvalue weighted by Crippen LogP contribution is -2.49. The Bertz CT molecular complexity index is 1030. The molecule has 2 amide bonds. The highest BCUT2D eigenvalue weighted by molar-refractivity contribution is 6.00. The van der Waals surface area contributed by atoms with Gasteiger partial charge in [-0.2, -0.15) is 0 Å². The van der Waals surface area contributed by atoms with E-state index in [2.05, 4.69) is 36.9 Å².